The van der Waals surface area contributed by atoms with Gasteiger partial charge in [0, 0.05) is 21.8 Å². The molecular formula is C18H13BrF2N2O2S. The summed E-state index contributed by atoms with van der Waals surface area (Å²) in [4.78, 5) is 3.07. The first-order chi connectivity index (χ1) is 12.2. The molecule has 0 amide bonds. The fourth-order valence-electron chi connectivity index (χ4n) is 2.60. The lowest BCUT2D eigenvalue weighted by Crippen LogP contribution is -2.16. The van der Waals surface area contributed by atoms with Crippen molar-refractivity contribution in [2.45, 2.75) is 11.8 Å². The summed E-state index contributed by atoms with van der Waals surface area (Å²) >= 11 is 3.46. The molecule has 1 heterocycles. The predicted octanol–water partition coefficient (Wildman–Crippen LogP) is 4.41. The van der Waals surface area contributed by atoms with Crippen molar-refractivity contribution in [1.82, 2.24) is 4.98 Å². The maximum Gasteiger partial charge on any atom is 0.243 e. The highest BCUT2D eigenvalue weighted by Gasteiger charge is 2.22. The molecule has 0 aliphatic heterocycles. The molecule has 0 fully saturated rings. The number of hydrogen-bond acceptors (Lipinski definition) is 3. The molecule has 26 heavy (non-hydrogen) atoms. The first-order valence-corrected chi connectivity index (χ1v) is 9.76. The van der Waals surface area contributed by atoms with Gasteiger partial charge in [-0.1, -0.05) is 34.1 Å². The molecular weight excluding hydrogens is 426 g/mol. The third kappa shape index (κ3) is 3.53. The number of aryl methyl sites for hydroxylation is 1. The summed E-state index contributed by atoms with van der Waals surface area (Å²) in [7, 11) is -4.51. The number of pyridine rings is 1. The zero-order chi connectivity index (χ0) is 19.1. The van der Waals surface area contributed by atoms with Gasteiger partial charge in [0.05, 0.1) is 5.69 Å². The lowest BCUT2D eigenvalue weighted by molar-refractivity contribution is 0.520. The number of sulfonamides is 1. The van der Waals surface area contributed by atoms with E-state index in [1.54, 1.807) is 12.1 Å². The fourth-order valence-corrected chi connectivity index (χ4v) is 3.64. The van der Waals surface area contributed by atoms with Gasteiger partial charge in [0.2, 0.25) is 10.0 Å². The second kappa shape index (κ2) is 6.86. The van der Waals surface area contributed by atoms with E-state index in [0.29, 0.717) is 11.3 Å². The van der Waals surface area contributed by atoms with E-state index in [1.807, 2.05) is 25.1 Å². The fraction of sp³-hybridized carbons (Fsp3) is 0.0556. The van der Waals surface area contributed by atoms with Gasteiger partial charge in [-0.15, -0.1) is 0 Å². The van der Waals surface area contributed by atoms with E-state index >= 15 is 0 Å². The van der Waals surface area contributed by atoms with Gasteiger partial charge in [-0.2, -0.15) is 0 Å². The molecule has 8 heteroatoms. The second-order valence-electron chi connectivity index (χ2n) is 5.68. The number of benzene rings is 2. The van der Waals surface area contributed by atoms with Crippen molar-refractivity contribution in [2.24, 2.45) is 5.14 Å². The van der Waals surface area contributed by atoms with Gasteiger partial charge in [-0.3, -0.25) is 4.98 Å². The molecule has 4 nitrogen and oxygen atoms in total. The van der Waals surface area contributed by atoms with Crippen LogP contribution >= 0.6 is 15.9 Å². The number of rotatable bonds is 3. The molecule has 0 saturated heterocycles. The number of aromatic nitrogens is 1. The summed E-state index contributed by atoms with van der Waals surface area (Å²) in [6, 6.07) is 10.9. The summed E-state index contributed by atoms with van der Waals surface area (Å²) in [5, 5.41) is 4.87. The van der Waals surface area contributed by atoms with Crippen molar-refractivity contribution in [2.75, 3.05) is 0 Å². The van der Waals surface area contributed by atoms with Crippen LogP contribution < -0.4 is 5.14 Å². The first-order valence-electron chi connectivity index (χ1n) is 7.42. The summed E-state index contributed by atoms with van der Waals surface area (Å²) in [6.07, 6.45) is 1.49. The van der Waals surface area contributed by atoms with Gasteiger partial charge in [-0.05, 0) is 42.3 Å². The maximum absolute atomic E-state index is 14.2. The minimum atomic E-state index is -4.51. The van der Waals surface area contributed by atoms with E-state index in [1.165, 1.54) is 6.20 Å². The minimum absolute atomic E-state index is 0.111. The Kier molecular flexibility index (Phi) is 4.92. The van der Waals surface area contributed by atoms with Gasteiger partial charge in [0.15, 0.2) is 4.90 Å². The third-order valence-corrected chi connectivity index (χ3v) is 5.66. The minimum Gasteiger partial charge on any atom is -0.256 e. The van der Waals surface area contributed by atoms with Crippen LogP contribution in [0.5, 0.6) is 0 Å². The van der Waals surface area contributed by atoms with Crippen molar-refractivity contribution >= 4 is 26.0 Å². The largest absolute Gasteiger partial charge is 0.256 e. The van der Waals surface area contributed by atoms with Gasteiger partial charge in [-0.25, -0.2) is 22.3 Å². The predicted molar refractivity (Wildman–Crippen MR) is 98.8 cm³/mol. The number of primary sulfonamides is 1. The van der Waals surface area contributed by atoms with Crippen molar-refractivity contribution in [3.05, 3.63) is 70.3 Å². The average molecular weight is 439 g/mol. The Morgan fingerprint density at radius 1 is 1.04 bits per heavy atom. The van der Waals surface area contributed by atoms with Crippen molar-refractivity contribution in [3.63, 3.8) is 0 Å². The Morgan fingerprint density at radius 2 is 1.69 bits per heavy atom. The van der Waals surface area contributed by atoms with E-state index in [9.17, 15) is 17.2 Å². The summed E-state index contributed by atoms with van der Waals surface area (Å²) in [5.41, 5.74) is 2.91. The van der Waals surface area contributed by atoms with Crippen LogP contribution in [0, 0.1) is 18.6 Å². The Morgan fingerprint density at radius 3 is 2.27 bits per heavy atom. The molecule has 0 atom stereocenters. The van der Waals surface area contributed by atoms with Crippen LogP contribution in [0.2, 0.25) is 0 Å². The number of halogens is 3. The number of nitrogens with two attached hydrogens (primary N) is 1. The lowest BCUT2D eigenvalue weighted by atomic mass is 9.98. The topological polar surface area (TPSA) is 73.0 Å². The third-order valence-electron chi connectivity index (χ3n) is 3.85. The molecule has 2 aromatic carbocycles. The van der Waals surface area contributed by atoms with Crippen LogP contribution in [-0.2, 0) is 10.0 Å². The molecule has 0 saturated carbocycles. The highest BCUT2D eigenvalue weighted by molar-refractivity contribution is 9.10. The summed E-state index contributed by atoms with van der Waals surface area (Å²) in [6.45, 7) is 1.94. The van der Waals surface area contributed by atoms with Crippen LogP contribution in [-0.4, -0.2) is 13.4 Å². The van der Waals surface area contributed by atoms with Crippen molar-refractivity contribution < 1.29 is 17.2 Å². The van der Waals surface area contributed by atoms with Crippen molar-refractivity contribution in [1.29, 1.82) is 0 Å². The van der Waals surface area contributed by atoms with E-state index in [-0.39, 0.29) is 5.56 Å². The number of hydrogen-bond donors (Lipinski definition) is 1. The van der Waals surface area contributed by atoms with E-state index in [4.69, 9.17) is 5.14 Å². The van der Waals surface area contributed by atoms with Gasteiger partial charge < -0.3 is 0 Å². The van der Waals surface area contributed by atoms with Crippen LogP contribution in [0.15, 0.2) is 58.0 Å². The molecule has 2 N–H and O–H groups in total. The van der Waals surface area contributed by atoms with Crippen LogP contribution in [0.3, 0.4) is 0 Å². The maximum atomic E-state index is 14.2. The normalized spacial score (nSPS) is 11.6. The molecule has 0 spiro atoms. The van der Waals surface area contributed by atoms with Gasteiger partial charge in [0.1, 0.15) is 11.6 Å². The Hall–Kier alpha value is -2.16. The molecule has 0 bridgehead atoms. The van der Waals surface area contributed by atoms with E-state index < -0.39 is 26.6 Å². The smallest absolute Gasteiger partial charge is 0.243 e. The van der Waals surface area contributed by atoms with Crippen LogP contribution in [0.4, 0.5) is 8.78 Å². The zero-order valence-corrected chi connectivity index (χ0v) is 15.9. The summed E-state index contributed by atoms with van der Waals surface area (Å²) in [5.74, 6) is -2.52. The Bertz CT molecular complexity index is 1090. The quantitative estimate of drug-likeness (QED) is 0.657. The summed E-state index contributed by atoms with van der Waals surface area (Å²) < 4.78 is 52.0. The molecule has 0 unspecified atom stereocenters. The highest BCUT2D eigenvalue weighted by Crippen LogP contribution is 2.34. The Balaban J connectivity index is 2.22. The molecule has 0 aliphatic carbocycles. The first kappa shape index (κ1) is 18.6. The van der Waals surface area contributed by atoms with E-state index in [0.717, 1.165) is 27.7 Å². The standard InChI is InChI=1S/C18H13BrF2N2O2S/c1-10-4-5-11(7-14(10)19)13-3-2-6-23-17(13)12-8-15(20)18(16(21)9-12)26(22,24)25/h2-9H,1H3,(H2,22,24,25). The molecule has 0 aliphatic rings. The van der Waals surface area contributed by atoms with Crippen LogP contribution in [0.1, 0.15) is 5.56 Å². The van der Waals surface area contributed by atoms with Gasteiger partial charge >= 0.3 is 0 Å². The SMILES string of the molecule is Cc1ccc(-c2cccnc2-c2cc(F)c(S(N)(=O)=O)c(F)c2)cc1Br. The van der Waals surface area contributed by atoms with Crippen LogP contribution in [0.25, 0.3) is 22.4 Å². The second-order valence-corrected chi connectivity index (χ2v) is 8.03. The highest BCUT2D eigenvalue weighted by atomic mass is 79.9. The molecule has 3 aromatic rings. The molecule has 0 radical (unpaired) electrons. The molecule has 3 rings (SSSR count). The average Bonchev–Trinajstić information content (AvgIpc) is 2.55. The Labute approximate surface area is 157 Å². The van der Waals surface area contributed by atoms with E-state index in [2.05, 4.69) is 20.9 Å². The molecule has 134 valence electrons. The number of nitrogens with zero attached hydrogens (tertiary/aromatic N) is 1. The zero-order valence-electron chi connectivity index (χ0n) is 13.5. The van der Waals surface area contributed by atoms with Gasteiger partial charge in [0.25, 0.3) is 0 Å². The monoisotopic (exact) mass is 438 g/mol. The molecule has 1 aromatic heterocycles. The lowest BCUT2D eigenvalue weighted by Gasteiger charge is -2.12. The van der Waals surface area contributed by atoms with Crippen molar-refractivity contribution in [3.8, 4) is 22.4 Å².